The van der Waals surface area contributed by atoms with Gasteiger partial charge < -0.3 is 9.14 Å². The van der Waals surface area contributed by atoms with Gasteiger partial charge in [0, 0.05) is 24.0 Å². The van der Waals surface area contributed by atoms with Crippen molar-refractivity contribution in [3.05, 3.63) is 54.6 Å². The van der Waals surface area contributed by atoms with E-state index in [1.807, 2.05) is 28.9 Å². The predicted octanol–water partition coefficient (Wildman–Crippen LogP) is 3.15. The van der Waals surface area contributed by atoms with Crippen molar-refractivity contribution in [2.45, 2.75) is 0 Å². The second-order valence-corrected chi connectivity index (χ2v) is 3.97. The minimum Gasteiger partial charge on any atom is -0.497 e. The Bertz CT molecular complexity index is 689. The van der Waals surface area contributed by atoms with Crippen molar-refractivity contribution in [1.29, 1.82) is 0 Å². The molecule has 0 bridgehead atoms. The highest BCUT2D eigenvalue weighted by Gasteiger charge is 2.05. The van der Waals surface area contributed by atoms with Crippen molar-refractivity contribution in [1.82, 2.24) is 9.38 Å². The molecular formula is C14H11FN2O. The SMILES string of the molecule is COc1ccn2cc(-c3ccc(F)cc3)nc2c1. The molecule has 2 aromatic heterocycles. The first kappa shape index (κ1) is 10.8. The number of rotatable bonds is 2. The second-order valence-electron chi connectivity index (χ2n) is 3.97. The summed E-state index contributed by atoms with van der Waals surface area (Å²) in [4.78, 5) is 4.48. The lowest BCUT2D eigenvalue weighted by Crippen LogP contribution is -1.86. The number of imidazole rings is 1. The summed E-state index contributed by atoms with van der Waals surface area (Å²) in [5, 5.41) is 0. The maximum Gasteiger partial charge on any atom is 0.141 e. The van der Waals surface area contributed by atoms with Gasteiger partial charge in [0.2, 0.25) is 0 Å². The van der Waals surface area contributed by atoms with Crippen LogP contribution in [0, 0.1) is 5.82 Å². The highest BCUT2D eigenvalue weighted by Crippen LogP contribution is 2.21. The maximum atomic E-state index is 12.9. The Labute approximate surface area is 103 Å². The molecule has 0 aliphatic heterocycles. The van der Waals surface area contributed by atoms with Crippen LogP contribution in [0.5, 0.6) is 5.75 Å². The zero-order chi connectivity index (χ0) is 12.5. The molecule has 3 aromatic rings. The summed E-state index contributed by atoms with van der Waals surface area (Å²) in [6.45, 7) is 0. The maximum absolute atomic E-state index is 12.9. The number of aromatic nitrogens is 2. The Hall–Kier alpha value is -2.36. The van der Waals surface area contributed by atoms with Gasteiger partial charge in [0.15, 0.2) is 0 Å². The van der Waals surface area contributed by atoms with E-state index in [-0.39, 0.29) is 5.82 Å². The molecule has 1 aromatic carbocycles. The third kappa shape index (κ3) is 1.82. The molecule has 2 heterocycles. The third-order valence-electron chi connectivity index (χ3n) is 2.81. The minimum absolute atomic E-state index is 0.246. The molecule has 0 unspecified atom stereocenters. The molecule has 0 atom stereocenters. The number of ether oxygens (including phenoxy) is 1. The quantitative estimate of drug-likeness (QED) is 0.690. The van der Waals surface area contributed by atoms with Gasteiger partial charge in [-0.25, -0.2) is 9.37 Å². The average Bonchev–Trinajstić information content (AvgIpc) is 2.82. The normalized spacial score (nSPS) is 10.8. The predicted molar refractivity (Wildman–Crippen MR) is 67.1 cm³/mol. The van der Waals surface area contributed by atoms with Crippen LogP contribution in [0.4, 0.5) is 4.39 Å². The molecule has 0 amide bonds. The van der Waals surface area contributed by atoms with E-state index in [0.29, 0.717) is 0 Å². The van der Waals surface area contributed by atoms with Gasteiger partial charge in [-0.05, 0) is 30.3 Å². The fourth-order valence-corrected chi connectivity index (χ4v) is 1.85. The number of halogens is 1. The topological polar surface area (TPSA) is 26.5 Å². The molecule has 18 heavy (non-hydrogen) atoms. The first-order chi connectivity index (χ1) is 8.76. The minimum atomic E-state index is -0.246. The molecule has 0 aliphatic rings. The van der Waals surface area contributed by atoms with Crippen LogP contribution in [0.2, 0.25) is 0 Å². The summed E-state index contributed by atoms with van der Waals surface area (Å²) >= 11 is 0. The number of benzene rings is 1. The van der Waals surface area contributed by atoms with E-state index in [1.165, 1.54) is 12.1 Å². The summed E-state index contributed by atoms with van der Waals surface area (Å²) in [6.07, 6.45) is 3.79. The highest BCUT2D eigenvalue weighted by molar-refractivity contribution is 5.63. The van der Waals surface area contributed by atoms with Crippen molar-refractivity contribution in [3.63, 3.8) is 0 Å². The summed E-state index contributed by atoms with van der Waals surface area (Å²) in [5.41, 5.74) is 2.50. The fourth-order valence-electron chi connectivity index (χ4n) is 1.85. The first-order valence-electron chi connectivity index (χ1n) is 5.55. The fraction of sp³-hybridized carbons (Fsp3) is 0.0714. The van der Waals surface area contributed by atoms with E-state index in [4.69, 9.17) is 4.74 Å². The van der Waals surface area contributed by atoms with Crippen molar-refractivity contribution >= 4 is 5.65 Å². The number of fused-ring (bicyclic) bond motifs is 1. The number of hydrogen-bond donors (Lipinski definition) is 0. The summed E-state index contributed by atoms with van der Waals surface area (Å²) in [7, 11) is 1.62. The molecule has 0 saturated carbocycles. The Kier molecular flexibility index (Phi) is 2.48. The van der Waals surface area contributed by atoms with Crippen molar-refractivity contribution in [2.75, 3.05) is 7.11 Å². The Balaban J connectivity index is 2.10. The van der Waals surface area contributed by atoms with Crippen molar-refractivity contribution in [3.8, 4) is 17.0 Å². The summed E-state index contributed by atoms with van der Waals surface area (Å²) < 4.78 is 19.9. The van der Waals surface area contributed by atoms with Gasteiger partial charge in [0.05, 0.1) is 12.8 Å². The van der Waals surface area contributed by atoms with Gasteiger partial charge in [-0.2, -0.15) is 0 Å². The van der Waals surface area contributed by atoms with Crippen LogP contribution in [0.25, 0.3) is 16.9 Å². The van der Waals surface area contributed by atoms with Gasteiger partial charge in [0.25, 0.3) is 0 Å². The number of methoxy groups -OCH3 is 1. The van der Waals surface area contributed by atoms with E-state index < -0.39 is 0 Å². The van der Waals surface area contributed by atoms with Crippen molar-refractivity contribution in [2.24, 2.45) is 0 Å². The van der Waals surface area contributed by atoms with Crippen LogP contribution in [0.3, 0.4) is 0 Å². The van der Waals surface area contributed by atoms with Gasteiger partial charge in [-0.1, -0.05) is 0 Å². The molecule has 0 radical (unpaired) electrons. The standard InChI is InChI=1S/C14H11FN2O/c1-18-12-6-7-17-9-13(16-14(17)8-12)10-2-4-11(15)5-3-10/h2-9H,1H3. The van der Waals surface area contributed by atoms with Crippen LogP contribution in [-0.4, -0.2) is 16.5 Å². The molecule has 0 N–H and O–H groups in total. The average molecular weight is 242 g/mol. The lowest BCUT2D eigenvalue weighted by atomic mass is 10.2. The second kappa shape index (κ2) is 4.14. The van der Waals surface area contributed by atoms with Crippen LogP contribution in [0.15, 0.2) is 48.8 Å². The van der Waals surface area contributed by atoms with E-state index in [2.05, 4.69) is 4.98 Å². The van der Waals surface area contributed by atoms with Crippen LogP contribution >= 0.6 is 0 Å². The zero-order valence-corrected chi connectivity index (χ0v) is 9.80. The summed E-state index contributed by atoms with van der Waals surface area (Å²) in [5.74, 6) is 0.517. The van der Waals surface area contributed by atoms with Gasteiger partial charge in [0.1, 0.15) is 17.2 Å². The highest BCUT2D eigenvalue weighted by atomic mass is 19.1. The molecule has 90 valence electrons. The largest absolute Gasteiger partial charge is 0.497 e. The van der Waals surface area contributed by atoms with E-state index in [0.717, 1.165) is 22.7 Å². The van der Waals surface area contributed by atoms with E-state index in [1.54, 1.807) is 19.2 Å². The zero-order valence-electron chi connectivity index (χ0n) is 9.80. The Morgan fingerprint density at radius 1 is 1.17 bits per heavy atom. The number of nitrogens with zero attached hydrogens (tertiary/aromatic N) is 2. The van der Waals surface area contributed by atoms with Crippen LogP contribution in [0.1, 0.15) is 0 Å². The molecule has 4 heteroatoms. The van der Waals surface area contributed by atoms with Crippen molar-refractivity contribution < 1.29 is 9.13 Å². The molecule has 3 nitrogen and oxygen atoms in total. The van der Waals surface area contributed by atoms with Gasteiger partial charge >= 0.3 is 0 Å². The lowest BCUT2D eigenvalue weighted by Gasteiger charge is -1.98. The molecule has 0 aliphatic carbocycles. The van der Waals surface area contributed by atoms with Gasteiger partial charge in [-0.15, -0.1) is 0 Å². The molecule has 0 spiro atoms. The van der Waals surface area contributed by atoms with E-state index >= 15 is 0 Å². The number of hydrogen-bond acceptors (Lipinski definition) is 2. The molecule has 0 fully saturated rings. The van der Waals surface area contributed by atoms with Crippen LogP contribution < -0.4 is 4.74 Å². The molecule has 0 saturated heterocycles. The molecular weight excluding hydrogens is 231 g/mol. The lowest BCUT2D eigenvalue weighted by molar-refractivity contribution is 0.414. The first-order valence-corrected chi connectivity index (χ1v) is 5.55. The number of pyridine rings is 1. The Morgan fingerprint density at radius 2 is 1.94 bits per heavy atom. The Morgan fingerprint density at radius 3 is 2.67 bits per heavy atom. The third-order valence-corrected chi connectivity index (χ3v) is 2.81. The monoisotopic (exact) mass is 242 g/mol. The molecule has 3 rings (SSSR count). The summed E-state index contributed by atoms with van der Waals surface area (Å²) in [6, 6.07) is 10.0. The van der Waals surface area contributed by atoms with Gasteiger partial charge in [-0.3, -0.25) is 0 Å². The smallest absolute Gasteiger partial charge is 0.141 e. The van der Waals surface area contributed by atoms with Crippen LogP contribution in [-0.2, 0) is 0 Å². The van der Waals surface area contributed by atoms with E-state index in [9.17, 15) is 4.39 Å².